The zero-order chi connectivity index (χ0) is 19.5. The summed E-state index contributed by atoms with van der Waals surface area (Å²) >= 11 is 0. The van der Waals surface area contributed by atoms with Crippen LogP contribution >= 0.6 is 0 Å². The fraction of sp³-hybridized carbons (Fsp3) is 0.364. The van der Waals surface area contributed by atoms with Gasteiger partial charge < -0.3 is 19.7 Å². The first-order chi connectivity index (χ1) is 13.7. The average Bonchev–Trinajstić information content (AvgIpc) is 3.33. The lowest BCUT2D eigenvalue weighted by atomic mass is 10.0. The molecule has 0 saturated carbocycles. The van der Waals surface area contributed by atoms with Crippen LogP contribution in [0.5, 0.6) is 11.5 Å². The van der Waals surface area contributed by atoms with Crippen LogP contribution < -0.4 is 14.8 Å². The minimum Gasteiger partial charge on any atom is -0.454 e. The molecule has 0 radical (unpaired) electrons. The number of ether oxygens (including phenoxy) is 2. The van der Waals surface area contributed by atoms with E-state index in [1.54, 1.807) is 4.90 Å². The van der Waals surface area contributed by atoms with Crippen molar-refractivity contribution in [3.8, 4) is 11.5 Å². The molecule has 2 aliphatic rings. The van der Waals surface area contributed by atoms with E-state index >= 15 is 0 Å². The summed E-state index contributed by atoms with van der Waals surface area (Å²) in [6.45, 7) is 2.64. The average molecular weight is 380 g/mol. The van der Waals surface area contributed by atoms with Gasteiger partial charge in [-0.05, 0) is 36.1 Å². The van der Waals surface area contributed by atoms with Crippen molar-refractivity contribution in [2.24, 2.45) is 0 Å². The molecule has 6 heteroatoms. The van der Waals surface area contributed by atoms with Crippen molar-refractivity contribution in [3.63, 3.8) is 0 Å². The largest absolute Gasteiger partial charge is 0.454 e. The Labute approximate surface area is 164 Å². The number of benzene rings is 2. The van der Waals surface area contributed by atoms with Crippen LogP contribution in [0.3, 0.4) is 0 Å². The molecule has 2 aromatic rings. The fourth-order valence-electron chi connectivity index (χ4n) is 3.81. The number of hydrogen-bond donors (Lipinski definition) is 1. The number of nitrogens with zero attached hydrogens (tertiary/aromatic N) is 1. The molecular formula is C22H24N2O4. The molecule has 2 atom stereocenters. The van der Waals surface area contributed by atoms with Crippen molar-refractivity contribution in [2.75, 3.05) is 6.79 Å². The summed E-state index contributed by atoms with van der Waals surface area (Å²) in [6, 6.07) is 15.0. The Hall–Kier alpha value is -3.02. The number of carbonyl (C=O) groups excluding carboxylic acids is 2. The molecule has 2 heterocycles. The van der Waals surface area contributed by atoms with Crippen molar-refractivity contribution in [1.82, 2.24) is 10.2 Å². The van der Waals surface area contributed by atoms with E-state index in [0.717, 1.165) is 17.5 Å². The monoisotopic (exact) mass is 380 g/mol. The van der Waals surface area contributed by atoms with Crippen LogP contribution in [0.15, 0.2) is 48.5 Å². The molecule has 0 spiro atoms. The molecule has 1 N–H and O–H groups in total. The number of carbonyl (C=O) groups is 2. The number of amides is 2. The number of likely N-dealkylation sites (tertiary alicyclic amines) is 1. The summed E-state index contributed by atoms with van der Waals surface area (Å²) in [7, 11) is 0. The molecule has 1 fully saturated rings. The first kappa shape index (κ1) is 18.3. The van der Waals surface area contributed by atoms with E-state index in [1.807, 2.05) is 55.5 Å². The van der Waals surface area contributed by atoms with Crippen molar-refractivity contribution in [1.29, 1.82) is 0 Å². The number of nitrogens with one attached hydrogen (secondary N) is 1. The summed E-state index contributed by atoms with van der Waals surface area (Å²) in [5.41, 5.74) is 2.00. The SMILES string of the molecule is CCC(NC(=O)C1CCC(=O)N1Cc1ccc2c(c1)OCO2)c1ccccc1. The van der Waals surface area contributed by atoms with Crippen molar-refractivity contribution < 1.29 is 19.1 Å². The molecule has 6 nitrogen and oxygen atoms in total. The Kier molecular flexibility index (Phi) is 5.19. The van der Waals surface area contributed by atoms with Gasteiger partial charge in [0.15, 0.2) is 11.5 Å². The number of rotatable bonds is 6. The van der Waals surface area contributed by atoms with Gasteiger partial charge in [0.05, 0.1) is 6.04 Å². The third-order valence-electron chi connectivity index (χ3n) is 5.35. The lowest BCUT2D eigenvalue weighted by Gasteiger charge is -2.26. The highest BCUT2D eigenvalue weighted by atomic mass is 16.7. The fourth-order valence-corrected chi connectivity index (χ4v) is 3.81. The molecule has 2 unspecified atom stereocenters. The highest BCUT2D eigenvalue weighted by molar-refractivity contribution is 5.91. The molecule has 146 valence electrons. The first-order valence-electron chi connectivity index (χ1n) is 9.69. The Bertz CT molecular complexity index is 868. The van der Waals surface area contributed by atoms with Gasteiger partial charge >= 0.3 is 0 Å². The lowest BCUT2D eigenvalue weighted by molar-refractivity contribution is -0.136. The Morgan fingerprint density at radius 1 is 1.18 bits per heavy atom. The summed E-state index contributed by atoms with van der Waals surface area (Å²) in [6.07, 6.45) is 1.73. The Morgan fingerprint density at radius 3 is 2.75 bits per heavy atom. The zero-order valence-electron chi connectivity index (χ0n) is 15.9. The first-order valence-corrected chi connectivity index (χ1v) is 9.69. The molecule has 28 heavy (non-hydrogen) atoms. The van der Waals surface area contributed by atoms with Gasteiger partial charge in [-0.15, -0.1) is 0 Å². The predicted molar refractivity (Wildman–Crippen MR) is 104 cm³/mol. The molecule has 2 aromatic carbocycles. The quantitative estimate of drug-likeness (QED) is 0.836. The smallest absolute Gasteiger partial charge is 0.243 e. The molecule has 0 aromatic heterocycles. The van der Waals surface area contributed by atoms with E-state index in [9.17, 15) is 9.59 Å². The maximum Gasteiger partial charge on any atom is 0.243 e. The summed E-state index contributed by atoms with van der Waals surface area (Å²) in [5, 5.41) is 3.13. The molecule has 0 bridgehead atoms. The van der Waals surface area contributed by atoms with Crippen LogP contribution in [-0.4, -0.2) is 29.5 Å². The minimum absolute atomic E-state index is 0.00516. The normalized spacial score (nSPS) is 19.0. The van der Waals surface area contributed by atoms with Crippen LogP contribution in [0.4, 0.5) is 0 Å². The zero-order valence-corrected chi connectivity index (χ0v) is 15.9. The van der Waals surface area contributed by atoms with E-state index in [0.29, 0.717) is 30.9 Å². The van der Waals surface area contributed by atoms with Gasteiger partial charge in [0.2, 0.25) is 18.6 Å². The highest BCUT2D eigenvalue weighted by Crippen LogP contribution is 2.33. The van der Waals surface area contributed by atoms with E-state index in [1.165, 1.54) is 0 Å². The van der Waals surface area contributed by atoms with Crippen LogP contribution in [0.25, 0.3) is 0 Å². The van der Waals surface area contributed by atoms with Gasteiger partial charge in [-0.25, -0.2) is 0 Å². The maximum atomic E-state index is 13.0. The maximum absolute atomic E-state index is 13.0. The summed E-state index contributed by atoms with van der Waals surface area (Å²) < 4.78 is 10.8. The second kappa shape index (κ2) is 7.92. The third kappa shape index (κ3) is 3.67. The van der Waals surface area contributed by atoms with Crippen LogP contribution in [0.2, 0.25) is 0 Å². The number of fused-ring (bicyclic) bond motifs is 1. The van der Waals surface area contributed by atoms with Gasteiger partial charge in [0.1, 0.15) is 6.04 Å². The molecule has 0 aliphatic carbocycles. The van der Waals surface area contributed by atoms with Crippen LogP contribution in [0.1, 0.15) is 43.4 Å². The number of hydrogen-bond acceptors (Lipinski definition) is 4. The van der Waals surface area contributed by atoms with Crippen molar-refractivity contribution in [3.05, 3.63) is 59.7 Å². The summed E-state index contributed by atoms with van der Waals surface area (Å²) in [5.74, 6) is 1.30. The third-order valence-corrected chi connectivity index (χ3v) is 5.35. The van der Waals surface area contributed by atoms with Gasteiger partial charge in [-0.3, -0.25) is 9.59 Å². The Balaban J connectivity index is 1.47. The van der Waals surface area contributed by atoms with Crippen LogP contribution in [-0.2, 0) is 16.1 Å². The van der Waals surface area contributed by atoms with Gasteiger partial charge in [-0.2, -0.15) is 0 Å². The molecule has 4 rings (SSSR count). The molecule has 1 saturated heterocycles. The van der Waals surface area contributed by atoms with Crippen molar-refractivity contribution in [2.45, 2.75) is 44.8 Å². The van der Waals surface area contributed by atoms with E-state index in [4.69, 9.17) is 9.47 Å². The highest BCUT2D eigenvalue weighted by Gasteiger charge is 2.36. The minimum atomic E-state index is -0.448. The van der Waals surface area contributed by atoms with Crippen molar-refractivity contribution >= 4 is 11.8 Å². The molecule has 2 aliphatic heterocycles. The van der Waals surface area contributed by atoms with Gasteiger partial charge in [0, 0.05) is 13.0 Å². The van der Waals surface area contributed by atoms with E-state index in [2.05, 4.69) is 5.32 Å². The second-order valence-electron chi connectivity index (χ2n) is 7.14. The second-order valence-corrected chi connectivity index (χ2v) is 7.14. The lowest BCUT2D eigenvalue weighted by Crippen LogP contribution is -2.45. The molecule has 2 amide bonds. The summed E-state index contributed by atoms with van der Waals surface area (Å²) in [4.78, 5) is 27.1. The van der Waals surface area contributed by atoms with E-state index < -0.39 is 6.04 Å². The molecular weight excluding hydrogens is 356 g/mol. The van der Waals surface area contributed by atoms with Gasteiger partial charge in [0.25, 0.3) is 0 Å². The topological polar surface area (TPSA) is 67.9 Å². The Morgan fingerprint density at radius 2 is 1.96 bits per heavy atom. The standard InChI is InChI=1S/C22H24N2O4/c1-2-17(16-6-4-3-5-7-16)23-22(26)18-9-11-21(25)24(18)13-15-8-10-19-20(12-15)28-14-27-19/h3-8,10,12,17-18H,2,9,11,13-14H2,1H3,(H,23,26). The van der Waals surface area contributed by atoms with Crippen LogP contribution in [0, 0.1) is 0 Å². The van der Waals surface area contributed by atoms with Gasteiger partial charge in [-0.1, -0.05) is 43.3 Å². The van der Waals surface area contributed by atoms with E-state index in [-0.39, 0.29) is 24.6 Å². The predicted octanol–water partition coefficient (Wildman–Crippen LogP) is 3.17.